The molecule has 1 amide bonds. The SMILES string of the molecule is CCOc1ccccc1OCCC(=O)O[C@H](C)C(=O)Nc1cccc(Cl)c1. The second-order valence-corrected chi connectivity index (χ2v) is 6.05. The molecule has 0 spiro atoms. The molecular weight excluding hydrogens is 370 g/mol. The van der Waals surface area contributed by atoms with Crippen molar-refractivity contribution in [2.24, 2.45) is 0 Å². The minimum atomic E-state index is -0.938. The van der Waals surface area contributed by atoms with Crippen LogP contribution in [0.4, 0.5) is 5.69 Å². The van der Waals surface area contributed by atoms with E-state index in [9.17, 15) is 9.59 Å². The van der Waals surface area contributed by atoms with Crippen LogP contribution in [0.1, 0.15) is 20.3 Å². The topological polar surface area (TPSA) is 73.9 Å². The minimum absolute atomic E-state index is 0.00917. The van der Waals surface area contributed by atoms with Gasteiger partial charge in [0.2, 0.25) is 0 Å². The predicted molar refractivity (Wildman–Crippen MR) is 103 cm³/mol. The fraction of sp³-hybridized carbons (Fsp3) is 0.300. The molecular formula is C20H22ClNO5. The molecule has 1 N–H and O–H groups in total. The quantitative estimate of drug-likeness (QED) is 0.652. The standard InChI is InChI=1S/C20H22ClNO5/c1-3-25-17-9-4-5-10-18(17)26-12-11-19(23)27-14(2)20(24)22-16-8-6-7-15(21)13-16/h4-10,13-14H,3,11-12H2,1-2H3,(H,22,24)/t14-/m1/s1. The van der Waals surface area contributed by atoms with Gasteiger partial charge in [-0.15, -0.1) is 0 Å². The Kier molecular flexibility index (Phi) is 7.95. The zero-order valence-corrected chi connectivity index (χ0v) is 16.0. The summed E-state index contributed by atoms with van der Waals surface area (Å²) in [5.41, 5.74) is 0.534. The average Bonchev–Trinajstić information content (AvgIpc) is 2.63. The lowest BCUT2D eigenvalue weighted by atomic mass is 10.3. The molecule has 2 aromatic carbocycles. The number of para-hydroxylation sites is 2. The zero-order chi connectivity index (χ0) is 19.6. The summed E-state index contributed by atoms with van der Waals surface area (Å²) in [7, 11) is 0. The summed E-state index contributed by atoms with van der Waals surface area (Å²) in [6, 6.07) is 13.9. The lowest BCUT2D eigenvalue weighted by Gasteiger charge is -2.14. The summed E-state index contributed by atoms with van der Waals surface area (Å²) in [6.45, 7) is 4.01. The minimum Gasteiger partial charge on any atom is -0.490 e. The lowest BCUT2D eigenvalue weighted by molar-refractivity contribution is -0.153. The van der Waals surface area contributed by atoms with Crippen LogP contribution in [-0.4, -0.2) is 31.2 Å². The number of rotatable bonds is 9. The van der Waals surface area contributed by atoms with Gasteiger partial charge in [0.05, 0.1) is 19.6 Å². The third-order valence-electron chi connectivity index (χ3n) is 3.48. The number of halogens is 1. The molecule has 144 valence electrons. The molecule has 0 aromatic heterocycles. The normalized spacial score (nSPS) is 11.4. The number of benzene rings is 2. The van der Waals surface area contributed by atoms with E-state index in [1.165, 1.54) is 6.92 Å². The molecule has 0 radical (unpaired) electrons. The first-order valence-corrected chi connectivity index (χ1v) is 8.98. The molecule has 0 fully saturated rings. The molecule has 0 unspecified atom stereocenters. The predicted octanol–water partition coefficient (Wildman–Crippen LogP) is 4.08. The third kappa shape index (κ3) is 6.83. The number of ether oxygens (including phenoxy) is 3. The fourth-order valence-electron chi connectivity index (χ4n) is 2.21. The first-order chi connectivity index (χ1) is 13.0. The van der Waals surface area contributed by atoms with E-state index in [1.54, 1.807) is 36.4 Å². The summed E-state index contributed by atoms with van der Waals surface area (Å²) in [6.07, 6.45) is -0.929. The highest BCUT2D eigenvalue weighted by molar-refractivity contribution is 6.30. The fourth-order valence-corrected chi connectivity index (χ4v) is 2.40. The van der Waals surface area contributed by atoms with Crippen LogP contribution in [0, 0.1) is 0 Å². The number of hydrogen-bond acceptors (Lipinski definition) is 5. The van der Waals surface area contributed by atoms with Crippen molar-refractivity contribution in [1.29, 1.82) is 0 Å². The van der Waals surface area contributed by atoms with Crippen LogP contribution < -0.4 is 14.8 Å². The maximum Gasteiger partial charge on any atom is 0.310 e. The second-order valence-electron chi connectivity index (χ2n) is 5.61. The average molecular weight is 392 g/mol. The molecule has 0 bridgehead atoms. The maximum atomic E-state index is 12.1. The number of anilines is 1. The number of esters is 1. The van der Waals surface area contributed by atoms with Crippen molar-refractivity contribution in [3.8, 4) is 11.5 Å². The third-order valence-corrected chi connectivity index (χ3v) is 3.72. The van der Waals surface area contributed by atoms with E-state index in [4.69, 9.17) is 25.8 Å². The Hall–Kier alpha value is -2.73. The van der Waals surface area contributed by atoms with Crippen molar-refractivity contribution in [2.75, 3.05) is 18.5 Å². The highest BCUT2D eigenvalue weighted by atomic mass is 35.5. The van der Waals surface area contributed by atoms with Crippen molar-refractivity contribution in [3.05, 3.63) is 53.6 Å². The second kappa shape index (κ2) is 10.4. The van der Waals surface area contributed by atoms with Gasteiger partial charge in [-0.25, -0.2) is 0 Å². The van der Waals surface area contributed by atoms with Crippen LogP contribution in [0.2, 0.25) is 5.02 Å². The Morgan fingerprint density at radius 1 is 1.07 bits per heavy atom. The summed E-state index contributed by atoms with van der Waals surface area (Å²) in [5, 5.41) is 3.14. The first-order valence-electron chi connectivity index (χ1n) is 8.60. The van der Waals surface area contributed by atoms with Crippen LogP contribution in [0.25, 0.3) is 0 Å². The van der Waals surface area contributed by atoms with E-state index in [2.05, 4.69) is 5.32 Å². The van der Waals surface area contributed by atoms with Crippen molar-refractivity contribution in [3.63, 3.8) is 0 Å². The highest BCUT2D eigenvalue weighted by Crippen LogP contribution is 2.26. The monoisotopic (exact) mass is 391 g/mol. The molecule has 1 atom stereocenters. The van der Waals surface area contributed by atoms with Crippen LogP contribution in [-0.2, 0) is 14.3 Å². The number of amides is 1. The van der Waals surface area contributed by atoms with Crippen molar-refractivity contribution < 1.29 is 23.8 Å². The molecule has 2 aromatic rings. The number of carbonyl (C=O) groups is 2. The molecule has 0 aliphatic heterocycles. The van der Waals surface area contributed by atoms with E-state index in [-0.39, 0.29) is 13.0 Å². The van der Waals surface area contributed by atoms with Gasteiger partial charge in [-0.1, -0.05) is 29.8 Å². The van der Waals surface area contributed by atoms with Crippen molar-refractivity contribution in [1.82, 2.24) is 0 Å². The molecule has 0 heterocycles. The van der Waals surface area contributed by atoms with Gasteiger partial charge in [0, 0.05) is 10.7 Å². The number of hydrogen-bond donors (Lipinski definition) is 1. The molecule has 2 rings (SSSR count). The van der Waals surface area contributed by atoms with Gasteiger partial charge in [0.25, 0.3) is 5.91 Å². The molecule has 6 nitrogen and oxygen atoms in total. The summed E-state index contributed by atoms with van der Waals surface area (Å²) >= 11 is 5.87. The zero-order valence-electron chi connectivity index (χ0n) is 15.2. The van der Waals surface area contributed by atoms with E-state index >= 15 is 0 Å². The largest absolute Gasteiger partial charge is 0.490 e. The number of carbonyl (C=O) groups excluding carboxylic acids is 2. The molecule has 7 heteroatoms. The van der Waals surface area contributed by atoms with Crippen LogP contribution in [0.5, 0.6) is 11.5 Å². The molecule has 0 saturated heterocycles. The van der Waals surface area contributed by atoms with Gasteiger partial charge < -0.3 is 19.5 Å². The first kappa shape index (κ1) is 20.6. The van der Waals surface area contributed by atoms with Crippen LogP contribution in [0.15, 0.2) is 48.5 Å². The maximum absolute atomic E-state index is 12.1. The Balaban J connectivity index is 1.77. The van der Waals surface area contributed by atoms with Crippen molar-refractivity contribution in [2.45, 2.75) is 26.4 Å². The highest BCUT2D eigenvalue weighted by Gasteiger charge is 2.18. The molecule has 27 heavy (non-hydrogen) atoms. The van der Waals surface area contributed by atoms with Gasteiger partial charge in [-0.3, -0.25) is 9.59 Å². The van der Waals surface area contributed by atoms with Gasteiger partial charge in [-0.2, -0.15) is 0 Å². The van der Waals surface area contributed by atoms with E-state index < -0.39 is 18.0 Å². The lowest BCUT2D eigenvalue weighted by Crippen LogP contribution is -2.30. The summed E-state index contributed by atoms with van der Waals surface area (Å²) in [4.78, 5) is 24.0. The van der Waals surface area contributed by atoms with Gasteiger partial charge in [0.1, 0.15) is 0 Å². The Morgan fingerprint density at radius 2 is 1.78 bits per heavy atom. The van der Waals surface area contributed by atoms with Gasteiger partial charge in [-0.05, 0) is 44.2 Å². The van der Waals surface area contributed by atoms with E-state index in [1.807, 2.05) is 19.1 Å². The Bertz CT molecular complexity index is 780. The van der Waals surface area contributed by atoms with E-state index in [0.29, 0.717) is 28.8 Å². The summed E-state index contributed by atoms with van der Waals surface area (Å²) in [5.74, 6) is 0.201. The molecule has 0 saturated carbocycles. The smallest absolute Gasteiger partial charge is 0.310 e. The van der Waals surface area contributed by atoms with Gasteiger partial charge in [0.15, 0.2) is 17.6 Å². The molecule has 0 aliphatic carbocycles. The van der Waals surface area contributed by atoms with Crippen LogP contribution >= 0.6 is 11.6 Å². The van der Waals surface area contributed by atoms with Crippen LogP contribution in [0.3, 0.4) is 0 Å². The van der Waals surface area contributed by atoms with Gasteiger partial charge >= 0.3 is 5.97 Å². The number of nitrogens with one attached hydrogen (secondary N) is 1. The van der Waals surface area contributed by atoms with E-state index in [0.717, 1.165) is 0 Å². The van der Waals surface area contributed by atoms with Crippen molar-refractivity contribution >= 4 is 29.2 Å². The molecule has 0 aliphatic rings. The Morgan fingerprint density at radius 3 is 2.44 bits per heavy atom. The Labute approximate surface area is 163 Å². The summed E-state index contributed by atoms with van der Waals surface area (Å²) < 4.78 is 16.2.